The SMILES string of the molecule is CN(C)CCN(Cc1cc2cc3c(cc2[nH]c1=O)OCO3)C(=S)Nc1ccccc1. The molecule has 3 aromatic rings. The van der Waals surface area contributed by atoms with Crippen LogP contribution in [0.15, 0.2) is 53.3 Å². The number of nitrogens with one attached hydrogen (secondary N) is 2. The molecule has 0 bridgehead atoms. The van der Waals surface area contributed by atoms with Crippen molar-refractivity contribution in [1.82, 2.24) is 14.8 Å². The van der Waals surface area contributed by atoms with Crippen LogP contribution in [0.3, 0.4) is 0 Å². The summed E-state index contributed by atoms with van der Waals surface area (Å²) in [6.45, 7) is 2.08. The molecule has 2 N–H and O–H groups in total. The topological polar surface area (TPSA) is 69.8 Å². The third-order valence-corrected chi connectivity index (χ3v) is 5.27. The average Bonchev–Trinajstić information content (AvgIpc) is 3.17. The molecule has 156 valence electrons. The van der Waals surface area contributed by atoms with Crippen LogP contribution in [0.5, 0.6) is 11.5 Å². The summed E-state index contributed by atoms with van der Waals surface area (Å²) >= 11 is 5.66. The number of aromatic nitrogens is 1. The number of anilines is 1. The second kappa shape index (κ2) is 8.73. The number of fused-ring (bicyclic) bond motifs is 2. The summed E-state index contributed by atoms with van der Waals surface area (Å²) in [5, 5.41) is 4.74. The van der Waals surface area contributed by atoms with E-state index in [1.54, 1.807) is 6.07 Å². The Morgan fingerprint density at radius 3 is 2.57 bits per heavy atom. The van der Waals surface area contributed by atoms with Gasteiger partial charge in [-0.2, -0.15) is 0 Å². The number of hydrogen-bond donors (Lipinski definition) is 2. The number of likely N-dealkylation sites (N-methyl/N-ethyl adjacent to an activating group) is 1. The molecule has 0 aliphatic carbocycles. The fourth-order valence-corrected chi connectivity index (χ4v) is 3.54. The maximum atomic E-state index is 12.8. The van der Waals surface area contributed by atoms with Crippen molar-refractivity contribution in [3.8, 4) is 11.5 Å². The first-order valence-corrected chi connectivity index (χ1v) is 10.1. The molecule has 0 atom stereocenters. The zero-order chi connectivity index (χ0) is 21.1. The number of nitrogens with zero attached hydrogens (tertiary/aromatic N) is 2. The van der Waals surface area contributed by atoms with E-state index < -0.39 is 0 Å². The van der Waals surface area contributed by atoms with Crippen LogP contribution in [-0.2, 0) is 6.54 Å². The van der Waals surface area contributed by atoms with Crippen LogP contribution in [0.2, 0.25) is 0 Å². The lowest BCUT2D eigenvalue weighted by atomic mass is 10.1. The van der Waals surface area contributed by atoms with Crippen molar-refractivity contribution in [2.24, 2.45) is 0 Å². The van der Waals surface area contributed by atoms with Crippen molar-refractivity contribution < 1.29 is 9.47 Å². The Balaban J connectivity index is 1.60. The normalized spacial score (nSPS) is 12.4. The molecule has 2 aromatic carbocycles. The smallest absolute Gasteiger partial charge is 0.253 e. The molecule has 0 radical (unpaired) electrons. The van der Waals surface area contributed by atoms with Gasteiger partial charge in [0.1, 0.15) is 0 Å². The van der Waals surface area contributed by atoms with E-state index in [1.165, 1.54) is 0 Å². The second-order valence-electron chi connectivity index (χ2n) is 7.44. The Morgan fingerprint density at radius 2 is 1.83 bits per heavy atom. The van der Waals surface area contributed by atoms with Crippen molar-refractivity contribution in [2.75, 3.05) is 39.3 Å². The lowest BCUT2D eigenvalue weighted by Crippen LogP contribution is -2.40. The maximum Gasteiger partial charge on any atom is 0.253 e. The third-order valence-electron chi connectivity index (χ3n) is 4.90. The minimum absolute atomic E-state index is 0.140. The number of pyridine rings is 1. The number of aromatic amines is 1. The molecular weight excluding hydrogens is 400 g/mol. The summed E-state index contributed by atoms with van der Waals surface area (Å²) in [6, 6.07) is 15.4. The Bertz CT molecular complexity index is 1110. The molecule has 1 aliphatic heterocycles. The van der Waals surface area contributed by atoms with Crippen LogP contribution < -0.4 is 20.3 Å². The minimum Gasteiger partial charge on any atom is -0.454 e. The van der Waals surface area contributed by atoms with Crippen LogP contribution in [-0.4, -0.2) is 53.9 Å². The number of H-pyrrole nitrogens is 1. The predicted molar refractivity (Wildman–Crippen MR) is 122 cm³/mol. The molecule has 0 spiro atoms. The number of hydrogen-bond acceptors (Lipinski definition) is 5. The molecule has 0 saturated carbocycles. The quantitative estimate of drug-likeness (QED) is 0.590. The summed E-state index contributed by atoms with van der Waals surface area (Å²) in [4.78, 5) is 19.8. The fraction of sp³-hybridized carbons (Fsp3) is 0.273. The van der Waals surface area contributed by atoms with Crippen molar-refractivity contribution >= 4 is 33.9 Å². The highest BCUT2D eigenvalue weighted by Crippen LogP contribution is 2.35. The molecule has 0 amide bonds. The van der Waals surface area contributed by atoms with Gasteiger partial charge in [0.25, 0.3) is 5.56 Å². The molecule has 0 unspecified atom stereocenters. The number of thiocarbonyl (C=S) groups is 1. The molecule has 1 aliphatic rings. The summed E-state index contributed by atoms with van der Waals surface area (Å²) in [7, 11) is 4.02. The molecule has 7 nitrogen and oxygen atoms in total. The molecule has 30 heavy (non-hydrogen) atoms. The van der Waals surface area contributed by atoms with Crippen LogP contribution in [0.4, 0.5) is 5.69 Å². The van der Waals surface area contributed by atoms with Crippen molar-refractivity contribution in [2.45, 2.75) is 6.54 Å². The van der Waals surface area contributed by atoms with Gasteiger partial charge in [-0.3, -0.25) is 4.79 Å². The van der Waals surface area contributed by atoms with Gasteiger partial charge in [0.05, 0.1) is 12.1 Å². The maximum absolute atomic E-state index is 12.8. The van der Waals surface area contributed by atoms with Crippen molar-refractivity contribution in [3.63, 3.8) is 0 Å². The molecule has 8 heteroatoms. The third kappa shape index (κ3) is 4.55. The van der Waals surface area contributed by atoms with Gasteiger partial charge >= 0.3 is 0 Å². The number of rotatable bonds is 6. The zero-order valence-corrected chi connectivity index (χ0v) is 17.8. The van der Waals surface area contributed by atoms with E-state index in [4.69, 9.17) is 21.7 Å². The van der Waals surface area contributed by atoms with E-state index in [0.29, 0.717) is 35.3 Å². The summed E-state index contributed by atoms with van der Waals surface area (Å²) in [5.74, 6) is 1.33. The van der Waals surface area contributed by atoms with E-state index in [-0.39, 0.29) is 12.4 Å². The predicted octanol–water partition coefficient (Wildman–Crippen LogP) is 3.02. The summed E-state index contributed by atoms with van der Waals surface area (Å²) in [6.07, 6.45) is 0. The highest BCUT2D eigenvalue weighted by molar-refractivity contribution is 7.80. The van der Waals surface area contributed by atoms with E-state index in [9.17, 15) is 4.79 Å². The summed E-state index contributed by atoms with van der Waals surface area (Å²) < 4.78 is 10.9. The van der Waals surface area contributed by atoms with Crippen molar-refractivity contribution in [1.29, 1.82) is 0 Å². The molecule has 1 aromatic heterocycles. The van der Waals surface area contributed by atoms with Gasteiger partial charge in [-0.15, -0.1) is 0 Å². The van der Waals surface area contributed by atoms with Crippen LogP contribution in [0.1, 0.15) is 5.56 Å². The number of para-hydroxylation sites is 1. The number of ether oxygens (including phenoxy) is 2. The second-order valence-corrected chi connectivity index (χ2v) is 7.82. The zero-order valence-electron chi connectivity index (χ0n) is 17.0. The van der Waals surface area contributed by atoms with Gasteiger partial charge in [-0.1, -0.05) is 18.2 Å². The highest BCUT2D eigenvalue weighted by atomic mass is 32.1. The van der Waals surface area contributed by atoms with Gasteiger partial charge in [0.15, 0.2) is 16.6 Å². The van der Waals surface area contributed by atoms with E-state index in [1.807, 2.05) is 61.5 Å². The van der Waals surface area contributed by atoms with Crippen LogP contribution >= 0.6 is 12.2 Å². The molecule has 0 saturated heterocycles. The van der Waals surface area contributed by atoms with E-state index >= 15 is 0 Å². The molecule has 0 fully saturated rings. The standard InChI is InChI=1S/C22H24N4O3S/c1-25(2)8-9-26(22(30)23-17-6-4-3-5-7-17)13-16-10-15-11-19-20(29-14-28-19)12-18(15)24-21(16)27/h3-7,10-12H,8-9,13-14H2,1-2H3,(H,23,30)(H,24,27). The Labute approximate surface area is 180 Å². The van der Waals surface area contributed by atoms with Crippen molar-refractivity contribution in [3.05, 3.63) is 64.4 Å². The minimum atomic E-state index is -0.140. The van der Waals surface area contributed by atoms with Gasteiger partial charge in [-0.25, -0.2) is 0 Å². The van der Waals surface area contributed by atoms with Crippen LogP contribution in [0, 0.1) is 0 Å². The Kier molecular flexibility index (Phi) is 5.87. The average molecular weight is 425 g/mol. The van der Waals surface area contributed by atoms with Gasteiger partial charge < -0.3 is 29.6 Å². The van der Waals surface area contributed by atoms with E-state index in [2.05, 4.69) is 15.2 Å². The first-order valence-electron chi connectivity index (χ1n) is 9.71. The first kappa shape index (κ1) is 20.2. The summed E-state index contributed by atoms with van der Waals surface area (Å²) in [5.41, 5.74) is 2.13. The Hall–Kier alpha value is -3.10. The molecule has 2 heterocycles. The van der Waals surface area contributed by atoms with Gasteiger partial charge in [-0.05, 0) is 50.6 Å². The lowest BCUT2D eigenvalue weighted by molar-refractivity contribution is 0.174. The highest BCUT2D eigenvalue weighted by Gasteiger charge is 2.17. The molecule has 4 rings (SSSR count). The monoisotopic (exact) mass is 424 g/mol. The largest absolute Gasteiger partial charge is 0.454 e. The first-order chi connectivity index (χ1) is 14.5. The lowest BCUT2D eigenvalue weighted by Gasteiger charge is -2.27. The van der Waals surface area contributed by atoms with E-state index in [0.717, 1.165) is 23.1 Å². The number of benzene rings is 2. The van der Waals surface area contributed by atoms with Gasteiger partial charge in [0, 0.05) is 35.8 Å². The molecular formula is C22H24N4O3S. The fourth-order valence-electron chi connectivity index (χ4n) is 3.26. The van der Waals surface area contributed by atoms with Gasteiger partial charge in [0.2, 0.25) is 6.79 Å². The van der Waals surface area contributed by atoms with Crippen LogP contribution in [0.25, 0.3) is 10.9 Å². The Morgan fingerprint density at radius 1 is 1.10 bits per heavy atom.